The Balaban J connectivity index is 2.03. The Hall–Kier alpha value is -1.39. The number of aromatic amines is 1. The summed E-state index contributed by atoms with van der Waals surface area (Å²) in [6, 6.07) is 5.81. The largest absolute Gasteiger partial charge is 0.382 e. The molecule has 3 N–H and O–H groups in total. The number of nitrogens with zero attached hydrogens (tertiary/aromatic N) is 1. The average molecular weight is 217 g/mol. The van der Waals surface area contributed by atoms with Crippen molar-refractivity contribution in [3.8, 4) is 0 Å². The van der Waals surface area contributed by atoms with Gasteiger partial charge in [-0.2, -0.15) is 0 Å². The van der Waals surface area contributed by atoms with Crippen molar-refractivity contribution >= 4 is 11.0 Å². The van der Waals surface area contributed by atoms with Gasteiger partial charge >= 0.3 is 0 Å². The number of nitrogens with one attached hydrogen (secondary N) is 2. The van der Waals surface area contributed by atoms with Gasteiger partial charge in [0.05, 0.1) is 16.7 Å². The van der Waals surface area contributed by atoms with Gasteiger partial charge < -0.3 is 15.4 Å². The van der Waals surface area contributed by atoms with E-state index in [0.717, 1.165) is 36.1 Å². The van der Waals surface area contributed by atoms with Crippen molar-refractivity contribution < 1.29 is 5.11 Å². The fourth-order valence-corrected chi connectivity index (χ4v) is 2.30. The molecule has 2 aromatic rings. The highest BCUT2D eigenvalue weighted by molar-refractivity contribution is 5.74. The predicted molar refractivity (Wildman–Crippen MR) is 62.1 cm³/mol. The van der Waals surface area contributed by atoms with Crippen LogP contribution >= 0.6 is 0 Å². The van der Waals surface area contributed by atoms with E-state index < -0.39 is 5.60 Å². The van der Waals surface area contributed by atoms with Crippen LogP contribution in [0.4, 0.5) is 0 Å². The summed E-state index contributed by atoms with van der Waals surface area (Å²) in [5.74, 6) is 0. The fraction of sp³-hybridized carbons (Fsp3) is 0.417. The van der Waals surface area contributed by atoms with Crippen LogP contribution in [0, 0.1) is 0 Å². The van der Waals surface area contributed by atoms with Crippen molar-refractivity contribution in [2.24, 2.45) is 0 Å². The number of hydrogen-bond donors (Lipinski definition) is 3. The van der Waals surface area contributed by atoms with Gasteiger partial charge in [0.1, 0.15) is 5.60 Å². The van der Waals surface area contributed by atoms with Gasteiger partial charge in [-0.1, -0.05) is 0 Å². The first-order valence-corrected chi connectivity index (χ1v) is 5.66. The Morgan fingerprint density at radius 1 is 1.31 bits per heavy atom. The number of piperidine rings is 1. The molecule has 0 radical (unpaired) electrons. The molecule has 1 atom stereocenters. The van der Waals surface area contributed by atoms with Crippen LogP contribution in [0.1, 0.15) is 18.5 Å². The van der Waals surface area contributed by atoms with Crippen molar-refractivity contribution in [1.29, 1.82) is 0 Å². The summed E-state index contributed by atoms with van der Waals surface area (Å²) in [4.78, 5) is 7.61. The van der Waals surface area contributed by atoms with Crippen LogP contribution in [0.3, 0.4) is 0 Å². The molecule has 0 saturated carbocycles. The molecular weight excluding hydrogens is 202 g/mol. The maximum Gasteiger partial charge on any atom is 0.119 e. The van der Waals surface area contributed by atoms with E-state index in [1.165, 1.54) is 0 Å². The van der Waals surface area contributed by atoms with Crippen molar-refractivity contribution in [2.45, 2.75) is 18.4 Å². The first-order chi connectivity index (χ1) is 7.78. The van der Waals surface area contributed by atoms with Gasteiger partial charge in [0, 0.05) is 12.7 Å². The Morgan fingerprint density at radius 2 is 2.25 bits per heavy atom. The first-order valence-electron chi connectivity index (χ1n) is 5.66. The smallest absolute Gasteiger partial charge is 0.119 e. The van der Waals surface area contributed by atoms with Gasteiger partial charge in [-0.15, -0.1) is 0 Å². The van der Waals surface area contributed by atoms with Crippen LogP contribution in [0.2, 0.25) is 0 Å². The summed E-state index contributed by atoms with van der Waals surface area (Å²) in [5.41, 5.74) is 1.89. The highest BCUT2D eigenvalue weighted by Crippen LogP contribution is 2.27. The molecule has 4 heteroatoms. The molecule has 0 spiro atoms. The minimum absolute atomic E-state index is 0.593. The van der Waals surface area contributed by atoms with Gasteiger partial charge in [0.2, 0.25) is 0 Å². The lowest BCUT2D eigenvalue weighted by atomic mass is 9.90. The van der Waals surface area contributed by atoms with E-state index in [1.807, 2.05) is 24.4 Å². The molecule has 3 heterocycles. The number of H-pyrrole nitrogens is 1. The predicted octanol–water partition coefficient (Wildman–Crippen LogP) is 1.13. The molecule has 1 fully saturated rings. The van der Waals surface area contributed by atoms with Gasteiger partial charge in [-0.3, -0.25) is 0 Å². The lowest BCUT2D eigenvalue weighted by Crippen LogP contribution is -2.43. The molecule has 0 bridgehead atoms. The minimum atomic E-state index is -0.802. The molecular formula is C12H15N3O. The van der Waals surface area contributed by atoms with Crippen LogP contribution in [0.25, 0.3) is 11.0 Å². The summed E-state index contributed by atoms with van der Waals surface area (Å²) in [7, 11) is 0. The first kappa shape index (κ1) is 9.81. The summed E-state index contributed by atoms with van der Waals surface area (Å²) < 4.78 is 0. The fourth-order valence-electron chi connectivity index (χ4n) is 2.30. The zero-order valence-electron chi connectivity index (χ0n) is 9.03. The van der Waals surface area contributed by atoms with E-state index in [1.54, 1.807) is 0 Å². The van der Waals surface area contributed by atoms with Gasteiger partial charge in [0.25, 0.3) is 0 Å². The molecule has 1 aliphatic heterocycles. The average Bonchev–Trinajstić information content (AvgIpc) is 2.77. The molecule has 84 valence electrons. The number of rotatable bonds is 1. The molecule has 0 aromatic carbocycles. The van der Waals surface area contributed by atoms with E-state index in [9.17, 15) is 5.11 Å². The molecule has 4 nitrogen and oxygen atoms in total. The van der Waals surface area contributed by atoms with Crippen LogP contribution < -0.4 is 5.32 Å². The standard InChI is InChI=1S/C12H15N3O/c16-12(5-1-6-13-8-12)11-3-2-9-10(15-11)4-7-14-9/h2-4,7,13-14,16H,1,5-6,8H2. The third-order valence-electron chi connectivity index (χ3n) is 3.24. The Labute approximate surface area is 93.7 Å². The zero-order valence-corrected chi connectivity index (χ0v) is 9.03. The molecule has 0 amide bonds. The van der Waals surface area contributed by atoms with Crippen LogP contribution in [0.15, 0.2) is 24.4 Å². The molecule has 0 aliphatic carbocycles. The summed E-state index contributed by atoms with van der Waals surface area (Å²) >= 11 is 0. The topological polar surface area (TPSA) is 60.9 Å². The Bertz CT molecular complexity index is 500. The third-order valence-corrected chi connectivity index (χ3v) is 3.24. The second-order valence-electron chi connectivity index (χ2n) is 4.42. The van der Waals surface area contributed by atoms with Gasteiger partial charge in [-0.25, -0.2) is 4.98 Å². The summed E-state index contributed by atoms with van der Waals surface area (Å²) in [5, 5.41) is 13.7. The lowest BCUT2D eigenvalue weighted by Gasteiger charge is -2.32. The lowest BCUT2D eigenvalue weighted by molar-refractivity contribution is 0.00853. The van der Waals surface area contributed by atoms with E-state index in [4.69, 9.17) is 0 Å². The minimum Gasteiger partial charge on any atom is -0.382 e. The third kappa shape index (κ3) is 1.50. The number of aliphatic hydroxyl groups is 1. The summed E-state index contributed by atoms with van der Waals surface area (Å²) in [6.45, 7) is 1.57. The van der Waals surface area contributed by atoms with Crippen molar-refractivity contribution in [2.75, 3.05) is 13.1 Å². The normalized spacial score (nSPS) is 26.1. The monoisotopic (exact) mass is 217 g/mol. The maximum atomic E-state index is 10.5. The molecule has 3 rings (SSSR count). The number of fused-ring (bicyclic) bond motifs is 1. The summed E-state index contributed by atoms with van der Waals surface area (Å²) in [6.07, 6.45) is 3.64. The van der Waals surface area contributed by atoms with E-state index in [-0.39, 0.29) is 0 Å². The number of pyridine rings is 1. The molecule has 1 unspecified atom stereocenters. The van der Waals surface area contributed by atoms with Gasteiger partial charge in [0.15, 0.2) is 0 Å². The molecule has 2 aromatic heterocycles. The van der Waals surface area contributed by atoms with E-state index >= 15 is 0 Å². The number of aromatic nitrogens is 2. The van der Waals surface area contributed by atoms with Crippen LogP contribution in [0.5, 0.6) is 0 Å². The highest BCUT2D eigenvalue weighted by atomic mass is 16.3. The highest BCUT2D eigenvalue weighted by Gasteiger charge is 2.32. The van der Waals surface area contributed by atoms with Crippen molar-refractivity contribution in [3.63, 3.8) is 0 Å². The van der Waals surface area contributed by atoms with Gasteiger partial charge in [-0.05, 0) is 37.6 Å². The van der Waals surface area contributed by atoms with E-state index in [0.29, 0.717) is 6.54 Å². The molecule has 1 aliphatic rings. The SMILES string of the molecule is OC1(c2ccc3[nH]ccc3n2)CCCNC1. The van der Waals surface area contributed by atoms with Crippen molar-refractivity contribution in [3.05, 3.63) is 30.1 Å². The zero-order chi connectivity index (χ0) is 11.0. The number of hydrogen-bond acceptors (Lipinski definition) is 3. The Kier molecular flexibility index (Phi) is 2.19. The second-order valence-corrected chi connectivity index (χ2v) is 4.42. The van der Waals surface area contributed by atoms with Crippen LogP contribution in [-0.4, -0.2) is 28.2 Å². The second kappa shape index (κ2) is 3.57. The van der Waals surface area contributed by atoms with E-state index in [2.05, 4.69) is 15.3 Å². The number of β-amino-alcohol motifs (C(OH)–C–C–N with tert-alkyl or cyclic N) is 1. The maximum absolute atomic E-state index is 10.5. The quantitative estimate of drug-likeness (QED) is 0.671. The van der Waals surface area contributed by atoms with Crippen molar-refractivity contribution in [1.82, 2.24) is 15.3 Å². The Morgan fingerprint density at radius 3 is 3.06 bits per heavy atom. The van der Waals surface area contributed by atoms with Crippen LogP contribution in [-0.2, 0) is 5.60 Å². The molecule has 16 heavy (non-hydrogen) atoms. The molecule has 1 saturated heterocycles.